The number of pyridine rings is 1. The summed E-state index contributed by atoms with van der Waals surface area (Å²) >= 11 is 0. The van der Waals surface area contributed by atoms with Crippen LogP contribution in [0.1, 0.15) is 25.1 Å². The number of hydrogen-bond donors (Lipinski definition) is 1. The van der Waals surface area contributed by atoms with Crippen LogP contribution in [0.4, 0.5) is 11.4 Å². The molecule has 1 aromatic heterocycles. The standard InChI is InChI=1S/C23H26N4O5S/c1-3-26(4-2)33(30,31)21-11-12-22(23(15-21)27(28)29)25-16-18-8-7-10-20(14-18)32-17-19-9-5-6-13-24-19/h5-15,25H,3-4,16-17H2,1-2H3. The average Bonchev–Trinajstić information content (AvgIpc) is 2.82. The van der Waals surface area contributed by atoms with Crippen molar-refractivity contribution in [3.8, 4) is 5.75 Å². The highest BCUT2D eigenvalue weighted by molar-refractivity contribution is 7.89. The Morgan fingerprint density at radius 2 is 1.85 bits per heavy atom. The zero-order valence-corrected chi connectivity index (χ0v) is 19.3. The van der Waals surface area contributed by atoms with Gasteiger partial charge in [-0.2, -0.15) is 4.31 Å². The second-order valence-corrected chi connectivity index (χ2v) is 9.07. The van der Waals surface area contributed by atoms with Crippen molar-refractivity contribution in [3.05, 3.63) is 88.2 Å². The quantitative estimate of drug-likeness (QED) is 0.330. The van der Waals surface area contributed by atoms with Gasteiger partial charge in [0.1, 0.15) is 18.0 Å². The van der Waals surface area contributed by atoms with Crippen LogP contribution in [0.5, 0.6) is 5.75 Å². The summed E-state index contributed by atoms with van der Waals surface area (Å²) in [4.78, 5) is 15.2. The first-order valence-electron chi connectivity index (χ1n) is 10.5. The van der Waals surface area contributed by atoms with Crippen molar-refractivity contribution in [2.24, 2.45) is 0 Å². The predicted octanol–water partition coefficient (Wildman–Crippen LogP) is 4.21. The van der Waals surface area contributed by atoms with Crippen molar-refractivity contribution < 1.29 is 18.1 Å². The minimum atomic E-state index is -3.80. The molecule has 0 aliphatic rings. The van der Waals surface area contributed by atoms with Gasteiger partial charge in [-0.1, -0.05) is 32.0 Å². The molecule has 0 saturated carbocycles. The van der Waals surface area contributed by atoms with E-state index in [-0.39, 0.29) is 29.4 Å². The number of ether oxygens (including phenoxy) is 1. The maximum absolute atomic E-state index is 12.7. The average molecular weight is 471 g/mol. The second-order valence-electron chi connectivity index (χ2n) is 7.14. The molecule has 1 N–H and O–H groups in total. The fourth-order valence-corrected chi connectivity index (χ4v) is 4.75. The van der Waals surface area contributed by atoms with Crippen LogP contribution in [0.2, 0.25) is 0 Å². The highest BCUT2D eigenvalue weighted by atomic mass is 32.2. The zero-order valence-electron chi connectivity index (χ0n) is 18.5. The number of nitro groups is 1. The first-order chi connectivity index (χ1) is 15.8. The van der Waals surface area contributed by atoms with Crippen LogP contribution in [0.3, 0.4) is 0 Å². The first-order valence-corrected chi connectivity index (χ1v) is 11.9. The van der Waals surface area contributed by atoms with Gasteiger partial charge in [0, 0.05) is 31.9 Å². The summed E-state index contributed by atoms with van der Waals surface area (Å²) in [5, 5.41) is 14.7. The molecule has 10 heteroatoms. The number of nitrogens with one attached hydrogen (secondary N) is 1. The van der Waals surface area contributed by atoms with E-state index in [0.717, 1.165) is 17.3 Å². The molecule has 1 heterocycles. The Labute approximate surface area is 193 Å². The summed E-state index contributed by atoms with van der Waals surface area (Å²) < 4.78 is 32.5. The predicted molar refractivity (Wildman–Crippen MR) is 126 cm³/mol. The SMILES string of the molecule is CCN(CC)S(=O)(=O)c1ccc(NCc2cccc(OCc3ccccn3)c2)c([N+](=O)[O-])c1. The Morgan fingerprint density at radius 3 is 2.52 bits per heavy atom. The fourth-order valence-electron chi connectivity index (χ4n) is 3.27. The molecular formula is C23H26N4O5S. The van der Waals surface area contributed by atoms with Crippen LogP contribution in [0.25, 0.3) is 0 Å². The van der Waals surface area contributed by atoms with Crippen molar-refractivity contribution in [1.82, 2.24) is 9.29 Å². The Bertz CT molecular complexity index is 1200. The smallest absolute Gasteiger partial charge is 0.293 e. The maximum Gasteiger partial charge on any atom is 0.293 e. The summed E-state index contributed by atoms with van der Waals surface area (Å²) in [5.41, 5.74) is 1.59. The molecule has 0 amide bonds. The van der Waals surface area contributed by atoms with Crippen molar-refractivity contribution in [2.45, 2.75) is 31.9 Å². The number of aromatic nitrogens is 1. The van der Waals surface area contributed by atoms with E-state index in [1.807, 2.05) is 42.5 Å². The van der Waals surface area contributed by atoms with Gasteiger partial charge in [0.2, 0.25) is 10.0 Å². The van der Waals surface area contributed by atoms with E-state index in [2.05, 4.69) is 10.3 Å². The van der Waals surface area contributed by atoms with Gasteiger partial charge in [-0.05, 0) is 42.0 Å². The Balaban J connectivity index is 1.74. The molecule has 3 aromatic rings. The van der Waals surface area contributed by atoms with Crippen LogP contribution in [-0.4, -0.2) is 35.7 Å². The number of anilines is 1. The summed E-state index contributed by atoms with van der Waals surface area (Å²) in [6.07, 6.45) is 1.70. The third-order valence-electron chi connectivity index (χ3n) is 5.00. The molecule has 9 nitrogen and oxygen atoms in total. The molecule has 0 atom stereocenters. The van der Waals surface area contributed by atoms with E-state index in [0.29, 0.717) is 18.9 Å². The molecular weight excluding hydrogens is 444 g/mol. The fraction of sp³-hybridized carbons (Fsp3) is 0.261. The van der Waals surface area contributed by atoms with Gasteiger partial charge in [0.05, 0.1) is 15.5 Å². The van der Waals surface area contributed by atoms with Gasteiger partial charge < -0.3 is 10.1 Å². The van der Waals surface area contributed by atoms with Crippen molar-refractivity contribution in [1.29, 1.82) is 0 Å². The molecule has 0 fully saturated rings. The lowest BCUT2D eigenvalue weighted by molar-refractivity contribution is -0.384. The van der Waals surface area contributed by atoms with Gasteiger partial charge in [0.25, 0.3) is 5.69 Å². The van der Waals surface area contributed by atoms with Gasteiger partial charge in [0.15, 0.2) is 0 Å². The Kier molecular flexibility index (Phi) is 7.96. The summed E-state index contributed by atoms with van der Waals surface area (Å²) in [7, 11) is -3.80. The highest BCUT2D eigenvalue weighted by Crippen LogP contribution is 2.29. The van der Waals surface area contributed by atoms with Crippen LogP contribution >= 0.6 is 0 Å². The van der Waals surface area contributed by atoms with Crippen LogP contribution in [0, 0.1) is 10.1 Å². The third-order valence-corrected chi connectivity index (χ3v) is 7.05. The van der Waals surface area contributed by atoms with E-state index in [4.69, 9.17) is 4.74 Å². The molecule has 174 valence electrons. The lowest BCUT2D eigenvalue weighted by Gasteiger charge is -2.18. The molecule has 0 aliphatic carbocycles. The number of benzene rings is 2. The van der Waals surface area contributed by atoms with E-state index in [1.165, 1.54) is 16.4 Å². The number of nitro benzene ring substituents is 1. The van der Waals surface area contributed by atoms with Gasteiger partial charge >= 0.3 is 0 Å². The molecule has 33 heavy (non-hydrogen) atoms. The minimum Gasteiger partial charge on any atom is -0.487 e. The molecule has 3 rings (SSSR count). The number of nitrogens with zero attached hydrogens (tertiary/aromatic N) is 3. The lowest BCUT2D eigenvalue weighted by Crippen LogP contribution is -2.30. The van der Waals surface area contributed by atoms with Gasteiger partial charge in [-0.3, -0.25) is 15.1 Å². The number of sulfonamides is 1. The van der Waals surface area contributed by atoms with E-state index in [1.54, 1.807) is 20.0 Å². The zero-order chi connectivity index (χ0) is 23.8. The molecule has 0 radical (unpaired) electrons. The highest BCUT2D eigenvalue weighted by Gasteiger charge is 2.25. The van der Waals surface area contributed by atoms with Crippen molar-refractivity contribution in [2.75, 3.05) is 18.4 Å². The number of rotatable bonds is 11. The monoisotopic (exact) mass is 470 g/mol. The summed E-state index contributed by atoms with van der Waals surface area (Å²) in [6.45, 7) is 4.63. The number of hydrogen-bond acceptors (Lipinski definition) is 7. The molecule has 0 saturated heterocycles. The van der Waals surface area contributed by atoms with E-state index in [9.17, 15) is 18.5 Å². The van der Waals surface area contributed by atoms with E-state index < -0.39 is 14.9 Å². The third kappa shape index (κ3) is 6.05. The Hall–Kier alpha value is -3.50. The molecule has 0 aliphatic heterocycles. The van der Waals surface area contributed by atoms with Crippen molar-refractivity contribution in [3.63, 3.8) is 0 Å². The van der Waals surface area contributed by atoms with Crippen LogP contribution in [0.15, 0.2) is 71.8 Å². The second kappa shape index (κ2) is 10.9. The molecule has 0 spiro atoms. The van der Waals surface area contributed by atoms with Crippen LogP contribution in [-0.2, 0) is 23.2 Å². The van der Waals surface area contributed by atoms with Gasteiger partial charge in [-0.15, -0.1) is 0 Å². The summed E-state index contributed by atoms with van der Waals surface area (Å²) in [6, 6.07) is 16.9. The normalized spacial score (nSPS) is 11.4. The largest absolute Gasteiger partial charge is 0.487 e. The maximum atomic E-state index is 12.7. The topological polar surface area (TPSA) is 115 Å². The molecule has 0 unspecified atom stereocenters. The lowest BCUT2D eigenvalue weighted by atomic mass is 10.2. The van der Waals surface area contributed by atoms with Gasteiger partial charge in [-0.25, -0.2) is 8.42 Å². The Morgan fingerprint density at radius 1 is 1.06 bits per heavy atom. The minimum absolute atomic E-state index is 0.103. The molecule has 0 bridgehead atoms. The van der Waals surface area contributed by atoms with Crippen LogP contribution < -0.4 is 10.1 Å². The van der Waals surface area contributed by atoms with Crippen molar-refractivity contribution >= 4 is 21.4 Å². The molecule has 2 aromatic carbocycles. The summed E-state index contributed by atoms with van der Waals surface area (Å²) in [5.74, 6) is 0.648. The first kappa shape index (κ1) is 24.1. The van der Waals surface area contributed by atoms with E-state index >= 15 is 0 Å².